The van der Waals surface area contributed by atoms with Crippen LogP contribution < -0.4 is 5.73 Å². The molecule has 1 aromatic heterocycles. The molecule has 6 heteroatoms. The standard InChI is InChI=1S/C11H11ClFN3O/c12-9-6-8(13)2-1-7(9)5-10-15-11(3-4-14)17-16-10/h1-2,6H,3-5,14H2. The number of hydrogen-bond donors (Lipinski definition) is 1. The SMILES string of the molecule is NCCc1nc(Cc2ccc(F)cc2Cl)no1. The monoisotopic (exact) mass is 255 g/mol. The van der Waals surface area contributed by atoms with Gasteiger partial charge in [0.1, 0.15) is 5.82 Å². The summed E-state index contributed by atoms with van der Waals surface area (Å²) in [5.74, 6) is 0.651. The zero-order chi connectivity index (χ0) is 12.3. The summed E-state index contributed by atoms with van der Waals surface area (Å²) in [4.78, 5) is 4.15. The van der Waals surface area contributed by atoms with Crippen LogP contribution in [-0.2, 0) is 12.8 Å². The van der Waals surface area contributed by atoms with Crippen molar-refractivity contribution in [2.75, 3.05) is 6.54 Å². The summed E-state index contributed by atoms with van der Waals surface area (Å²) in [6.07, 6.45) is 0.956. The predicted molar refractivity (Wildman–Crippen MR) is 61.3 cm³/mol. The molecule has 0 saturated carbocycles. The van der Waals surface area contributed by atoms with Crippen molar-refractivity contribution in [2.24, 2.45) is 5.73 Å². The summed E-state index contributed by atoms with van der Waals surface area (Å²) in [6, 6.07) is 4.22. The molecule has 0 fully saturated rings. The molecule has 2 rings (SSSR count). The van der Waals surface area contributed by atoms with Crippen molar-refractivity contribution < 1.29 is 8.91 Å². The van der Waals surface area contributed by atoms with Crippen LogP contribution in [0.15, 0.2) is 22.7 Å². The number of aromatic nitrogens is 2. The Bertz CT molecular complexity index is 515. The maximum atomic E-state index is 12.8. The van der Waals surface area contributed by atoms with Crippen LogP contribution in [0.3, 0.4) is 0 Å². The normalized spacial score (nSPS) is 10.8. The Morgan fingerprint density at radius 3 is 2.94 bits per heavy atom. The molecule has 2 aromatic rings. The minimum Gasteiger partial charge on any atom is -0.339 e. The molecule has 17 heavy (non-hydrogen) atoms. The predicted octanol–water partition coefficient (Wildman–Crippen LogP) is 1.95. The van der Waals surface area contributed by atoms with Crippen molar-refractivity contribution in [3.63, 3.8) is 0 Å². The molecule has 90 valence electrons. The minimum absolute atomic E-state index is 0.357. The smallest absolute Gasteiger partial charge is 0.227 e. The lowest BCUT2D eigenvalue weighted by Crippen LogP contribution is -2.03. The molecule has 0 unspecified atom stereocenters. The van der Waals surface area contributed by atoms with Crippen molar-refractivity contribution in [3.05, 3.63) is 46.3 Å². The van der Waals surface area contributed by atoms with Crippen LogP contribution in [0.2, 0.25) is 5.02 Å². The van der Waals surface area contributed by atoms with Gasteiger partial charge in [-0.2, -0.15) is 4.98 Å². The molecule has 2 N–H and O–H groups in total. The molecule has 0 aliphatic carbocycles. The van der Waals surface area contributed by atoms with E-state index < -0.39 is 0 Å². The molecule has 0 radical (unpaired) electrons. The third-order valence-electron chi connectivity index (χ3n) is 2.23. The highest BCUT2D eigenvalue weighted by atomic mass is 35.5. The lowest BCUT2D eigenvalue weighted by Gasteiger charge is -2.00. The summed E-state index contributed by atoms with van der Waals surface area (Å²) >= 11 is 5.90. The van der Waals surface area contributed by atoms with Crippen molar-refractivity contribution >= 4 is 11.6 Å². The van der Waals surface area contributed by atoms with E-state index in [1.807, 2.05) is 0 Å². The van der Waals surface area contributed by atoms with Gasteiger partial charge in [-0.25, -0.2) is 4.39 Å². The van der Waals surface area contributed by atoms with Crippen LogP contribution in [0.4, 0.5) is 4.39 Å². The largest absolute Gasteiger partial charge is 0.339 e. The van der Waals surface area contributed by atoms with Crippen molar-refractivity contribution in [1.29, 1.82) is 0 Å². The molecule has 4 nitrogen and oxygen atoms in total. The Morgan fingerprint density at radius 1 is 1.41 bits per heavy atom. The third kappa shape index (κ3) is 3.01. The number of rotatable bonds is 4. The number of nitrogens with zero attached hydrogens (tertiary/aromatic N) is 2. The van der Waals surface area contributed by atoms with E-state index in [1.54, 1.807) is 6.07 Å². The minimum atomic E-state index is -0.365. The van der Waals surface area contributed by atoms with Gasteiger partial charge in [-0.05, 0) is 17.7 Å². The van der Waals surface area contributed by atoms with E-state index in [0.717, 1.165) is 5.56 Å². The molecular formula is C11H11ClFN3O. The Balaban J connectivity index is 2.13. The summed E-state index contributed by atoms with van der Waals surface area (Å²) in [6.45, 7) is 0.457. The number of nitrogens with two attached hydrogens (primary N) is 1. The maximum Gasteiger partial charge on any atom is 0.227 e. The highest BCUT2D eigenvalue weighted by molar-refractivity contribution is 6.31. The lowest BCUT2D eigenvalue weighted by molar-refractivity contribution is 0.375. The van der Waals surface area contributed by atoms with Crippen LogP contribution in [-0.4, -0.2) is 16.7 Å². The van der Waals surface area contributed by atoms with Crippen LogP contribution in [0.5, 0.6) is 0 Å². The summed E-state index contributed by atoms with van der Waals surface area (Å²) in [5.41, 5.74) is 6.13. The Kier molecular flexibility index (Phi) is 3.71. The van der Waals surface area contributed by atoms with Crippen molar-refractivity contribution in [2.45, 2.75) is 12.8 Å². The van der Waals surface area contributed by atoms with E-state index in [4.69, 9.17) is 21.9 Å². The van der Waals surface area contributed by atoms with E-state index in [1.165, 1.54) is 12.1 Å². The first-order valence-electron chi connectivity index (χ1n) is 5.14. The average Bonchev–Trinajstić information content (AvgIpc) is 2.71. The van der Waals surface area contributed by atoms with Gasteiger partial charge in [0.25, 0.3) is 0 Å². The van der Waals surface area contributed by atoms with Crippen LogP contribution in [0.1, 0.15) is 17.3 Å². The molecule has 0 spiro atoms. The van der Waals surface area contributed by atoms with E-state index in [-0.39, 0.29) is 5.82 Å². The van der Waals surface area contributed by atoms with E-state index in [0.29, 0.717) is 36.1 Å². The topological polar surface area (TPSA) is 64.9 Å². The molecule has 0 bridgehead atoms. The second kappa shape index (κ2) is 5.25. The third-order valence-corrected chi connectivity index (χ3v) is 2.58. The van der Waals surface area contributed by atoms with E-state index in [9.17, 15) is 4.39 Å². The van der Waals surface area contributed by atoms with Gasteiger partial charge >= 0.3 is 0 Å². The fraction of sp³-hybridized carbons (Fsp3) is 0.273. The van der Waals surface area contributed by atoms with E-state index in [2.05, 4.69) is 10.1 Å². The van der Waals surface area contributed by atoms with Gasteiger partial charge in [-0.1, -0.05) is 22.8 Å². The number of benzene rings is 1. The fourth-order valence-electron chi connectivity index (χ4n) is 1.42. The quantitative estimate of drug-likeness (QED) is 0.907. The van der Waals surface area contributed by atoms with Crippen LogP contribution >= 0.6 is 11.6 Å². The fourth-order valence-corrected chi connectivity index (χ4v) is 1.66. The Morgan fingerprint density at radius 2 is 2.24 bits per heavy atom. The number of hydrogen-bond acceptors (Lipinski definition) is 4. The van der Waals surface area contributed by atoms with Crippen molar-refractivity contribution in [3.8, 4) is 0 Å². The second-order valence-corrected chi connectivity index (χ2v) is 3.96. The molecule has 0 aliphatic heterocycles. The van der Waals surface area contributed by atoms with E-state index >= 15 is 0 Å². The van der Waals surface area contributed by atoms with Crippen LogP contribution in [0.25, 0.3) is 0 Å². The summed E-state index contributed by atoms with van der Waals surface area (Å²) in [5, 5.41) is 4.16. The highest BCUT2D eigenvalue weighted by Gasteiger charge is 2.09. The Hall–Kier alpha value is -1.46. The number of halogens is 2. The van der Waals surface area contributed by atoms with Gasteiger partial charge in [0.15, 0.2) is 5.82 Å². The average molecular weight is 256 g/mol. The highest BCUT2D eigenvalue weighted by Crippen LogP contribution is 2.19. The van der Waals surface area contributed by atoms with Crippen molar-refractivity contribution in [1.82, 2.24) is 10.1 Å². The maximum absolute atomic E-state index is 12.8. The van der Waals surface area contributed by atoms with Crippen LogP contribution in [0, 0.1) is 5.82 Å². The first-order chi connectivity index (χ1) is 8.19. The zero-order valence-electron chi connectivity index (χ0n) is 8.99. The van der Waals surface area contributed by atoms with Gasteiger partial charge in [0.05, 0.1) is 0 Å². The zero-order valence-corrected chi connectivity index (χ0v) is 9.75. The first-order valence-corrected chi connectivity index (χ1v) is 5.52. The molecule has 0 saturated heterocycles. The molecule has 1 heterocycles. The molecular weight excluding hydrogens is 245 g/mol. The summed E-state index contributed by atoms with van der Waals surface area (Å²) in [7, 11) is 0. The summed E-state index contributed by atoms with van der Waals surface area (Å²) < 4.78 is 17.8. The molecule has 1 aromatic carbocycles. The van der Waals surface area contributed by atoms with Gasteiger partial charge < -0.3 is 10.3 Å². The lowest BCUT2D eigenvalue weighted by atomic mass is 10.1. The molecule has 0 atom stereocenters. The molecule has 0 amide bonds. The van der Waals surface area contributed by atoms with Gasteiger partial charge in [-0.15, -0.1) is 0 Å². The second-order valence-electron chi connectivity index (χ2n) is 3.56. The van der Waals surface area contributed by atoms with Gasteiger partial charge in [-0.3, -0.25) is 0 Å². The Labute approximate surface area is 103 Å². The molecule has 0 aliphatic rings. The van der Waals surface area contributed by atoms with Gasteiger partial charge in [0, 0.05) is 24.4 Å². The first kappa shape index (κ1) is 12.0. The van der Waals surface area contributed by atoms with Gasteiger partial charge in [0.2, 0.25) is 5.89 Å².